The lowest BCUT2D eigenvalue weighted by molar-refractivity contribution is -0.123. The van der Waals surface area contributed by atoms with E-state index in [1.165, 1.54) is 32.1 Å². The summed E-state index contributed by atoms with van der Waals surface area (Å²) in [6.07, 6.45) is 10.1. The van der Waals surface area contributed by atoms with Crippen LogP contribution in [0.4, 0.5) is 0 Å². The Morgan fingerprint density at radius 3 is 2.13 bits per heavy atom. The van der Waals surface area contributed by atoms with Gasteiger partial charge in [-0.1, -0.05) is 46.0 Å². The van der Waals surface area contributed by atoms with Crippen molar-refractivity contribution in [1.29, 1.82) is 0 Å². The van der Waals surface area contributed by atoms with Crippen LogP contribution >= 0.6 is 0 Å². The molecule has 4 heteroatoms. The molecule has 0 bridgehead atoms. The van der Waals surface area contributed by atoms with Crippen molar-refractivity contribution in [1.82, 2.24) is 0 Å². The number of carbonyl (C=O) groups excluding carboxylic acids is 2. The number of unbranched alkanes of at least 4 members (excludes halogenated alkanes) is 1. The van der Waals surface area contributed by atoms with Gasteiger partial charge < -0.3 is 9.47 Å². The third-order valence-corrected chi connectivity index (χ3v) is 4.03. The lowest BCUT2D eigenvalue weighted by atomic mass is 10.0. The van der Waals surface area contributed by atoms with Crippen LogP contribution in [0.3, 0.4) is 0 Å². The van der Waals surface area contributed by atoms with Gasteiger partial charge in [0.05, 0.1) is 6.10 Å². The Bertz CT molecular complexity index is 308. The molecule has 1 aliphatic carbocycles. The third-order valence-electron chi connectivity index (χ3n) is 4.03. The van der Waals surface area contributed by atoms with Crippen molar-refractivity contribution in [2.75, 3.05) is 19.8 Å². The standard InChI is InChI=1S/C11H22O2.C8H14O2/c1-4-6-7-11(5-2)9-13-8-10(3)12;1-7(9)6-10-8-4-2-3-5-8/h11H,4-9H2,1-3H3;8H,2-6H2,1H3. The fourth-order valence-corrected chi connectivity index (χ4v) is 2.56. The second-order valence-corrected chi connectivity index (χ2v) is 6.55. The van der Waals surface area contributed by atoms with Crippen LogP contribution in [0.1, 0.15) is 79.1 Å². The van der Waals surface area contributed by atoms with Gasteiger partial charge in [-0.25, -0.2) is 0 Å². The molecule has 1 aliphatic rings. The van der Waals surface area contributed by atoms with Gasteiger partial charge in [-0.15, -0.1) is 0 Å². The molecule has 1 saturated carbocycles. The van der Waals surface area contributed by atoms with Gasteiger partial charge in [0.15, 0.2) is 11.6 Å². The number of Topliss-reactive ketones (excluding diaryl/α,β-unsaturated/α-hetero) is 2. The molecule has 0 amide bonds. The minimum atomic E-state index is 0.116. The summed E-state index contributed by atoms with van der Waals surface area (Å²) in [5, 5.41) is 0. The summed E-state index contributed by atoms with van der Waals surface area (Å²) >= 11 is 0. The number of ether oxygens (including phenoxy) is 2. The van der Waals surface area contributed by atoms with Crippen molar-refractivity contribution >= 4 is 11.6 Å². The Kier molecular flexibility index (Phi) is 14.4. The van der Waals surface area contributed by atoms with Crippen LogP contribution in [0.5, 0.6) is 0 Å². The van der Waals surface area contributed by atoms with Crippen LogP contribution in [0.25, 0.3) is 0 Å². The molecule has 0 aromatic carbocycles. The van der Waals surface area contributed by atoms with E-state index in [0.29, 0.717) is 18.6 Å². The topological polar surface area (TPSA) is 52.6 Å². The fourth-order valence-electron chi connectivity index (χ4n) is 2.56. The molecule has 0 heterocycles. The molecule has 0 aromatic rings. The maximum atomic E-state index is 10.6. The first-order valence-corrected chi connectivity index (χ1v) is 9.17. The zero-order chi connectivity index (χ0) is 17.5. The van der Waals surface area contributed by atoms with Gasteiger partial charge in [-0.2, -0.15) is 0 Å². The molecule has 0 aliphatic heterocycles. The van der Waals surface area contributed by atoms with E-state index in [9.17, 15) is 9.59 Å². The van der Waals surface area contributed by atoms with Crippen LogP contribution in [0.15, 0.2) is 0 Å². The number of hydrogen-bond donors (Lipinski definition) is 0. The monoisotopic (exact) mass is 328 g/mol. The molecule has 23 heavy (non-hydrogen) atoms. The lowest BCUT2D eigenvalue weighted by Gasteiger charge is -2.13. The maximum absolute atomic E-state index is 10.6. The number of ketones is 2. The highest BCUT2D eigenvalue weighted by Crippen LogP contribution is 2.20. The predicted octanol–water partition coefficient (Wildman–Crippen LogP) is 4.34. The zero-order valence-electron chi connectivity index (χ0n) is 15.6. The van der Waals surface area contributed by atoms with E-state index in [-0.39, 0.29) is 18.2 Å². The predicted molar refractivity (Wildman–Crippen MR) is 93.7 cm³/mol. The van der Waals surface area contributed by atoms with Crippen molar-refractivity contribution in [2.45, 2.75) is 85.2 Å². The molecule has 0 radical (unpaired) electrons. The minimum absolute atomic E-state index is 0.116. The number of rotatable bonds is 11. The van der Waals surface area contributed by atoms with Crippen LogP contribution in [0, 0.1) is 5.92 Å². The van der Waals surface area contributed by atoms with Crippen molar-refractivity contribution in [3.8, 4) is 0 Å². The lowest BCUT2D eigenvalue weighted by Crippen LogP contribution is -2.12. The van der Waals surface area contributed by atoms with Crippen molar-refractivity contribution in [2.24, 2.45) is 5.92 Å². The van der Waals surface area contributed by atoms with Gasteiger partial charge in [0, 0.05) is 6.61 Å². The summed E-state index contributed by atoms with van der Waals surface area (Å²) in [4.78, 5) is 21.1. The normalized spacial score (nSPS) is 15.8. The van der Waals surface area contributed by atoms with E-state index in [1.54, 1.807) is 13.8 Å². The Labute approximate surface area is 142 Å². The van der Waals surface area contributed by atoms with Gasteiger partial charge in [0.25, 0.3) is 0 Å². The second kappa shape index (κ2) is 14.8. The van der Waals surface area contributed by atoms with Gasteiger partial charge in [0.1, 0.15) is 13.2 Å². The molecule has 0 spiro atoms. The van der Waals surface area contributed by atoms with E-state index in [1.807, 2.05) is 0 Å². The quantitative estimate of drug-likeness (QED) is 0.566. The smallest absolute Gasteiger partial charge is 0.155 e. The Morgan fingerprint density at radius 2 is 1.65 bits per heavy atom. The summed E-state index contributed by atoms with van der Waals surface area (Å²) < 4.78 is 10.6. The van der Waals surface area contributed by atoms with Gasteiger partial charge in [-0.05, 0) is 39.0 Å². The van der Waals surface area contributed by atoms with E-state index in [2.05, 4.69) is 13.8 Å². The van der Waals surface area contributed by atoms with E-state index in [4.69, 9.17) is 9.47 Å². The van der Waals surface area contributed by atoms with E-state index in [0.717, 1.165) is 25.9 Å². The summed E-state index contributed by atoms with van der Waals surface area (Å²) in [5.41, 5.74) is 0. The number of hydrogen-bond acceptors (Lipinski definition) is 4. The second-order valence-electron chi connectivity index (χ2n) is 6.55. The summed E-state index contributed by atoms with van der Waals surface area (Å²) in [7, 11) is 0. The molecule has 4 nitrogen and oxygen atoms in total. The summed E-state index contributed by atoms with van der Waals surface area (Å²) in [6, 6.07) is 0. The molecule has 136 valence electrons. The first-order valence-electron chi connectivity index (χ1n) is 9.17. The molecule has 1 atom stereocenters. The Morgan fingerprint density at radius 1 is 1.04 bits per heavy atom. The average molecular weight is 328 g/mol. The maximum Gasteiger partial charge on any atom is 0.155 e. The molecule has 0 N–H and O–H groups in total. The SMILES string of the molecule is CC(=O)COC1CCCC1.CCCCC(CC)COCC(C)=O. The van der Waals surface area contributed by atoms with Crippen LogP contribution in [0.2, 0.25) is 0 Å². The zero-order valence-corrected chi connectivity index (χ0v) is 15.6. The minimum Gasteiger partial charge on any atom is -0.373 e. The first kappa shape index (κ1) is 22.3. The van der Waals surface area contributed by atoms with Crippen LogP contribution in [-0.2, 0) is 19.1 Å². The molecule has 1 fully saturated rings. The summed E-state index contributed by atoms with van der Waals surface area (Å²) in [6.45, 7) is 8.84. The Hall–Kier alpha value is -0.740. The molecular weight excluding hydrogens is 292 g/mol. The average Bonchev–Trinajstić information content (AvgIpc) is 3.02. The largest absolute Gasteiger partial charge is 0.373 e. The first-order chi connectivity index (χ1) is 11.0. The van der Waals surface area contributed by atoms with Gasteiger partial charge in [0.2, 0.25) is 0 Å². The van der Waals surface area contributed by atoms with E-state index >= 15 is 0 Å². The molecule has 0 saturated heterocycles. The van der Waals surface area contributed by atoms with Crippen molar-refractivity contribution in [3.05, 3.63) is 0 Å². The van der Waals surface area contributed by atoms with Crippen LogP contribution < -0.4 is 0 Å². The fraction of sp³-hybridized carbons (Fsp3) is 0.895. The summed E-state index contributed by atoms with van der Waals surface area (Å²) in [5.74, 6) is 0.886. The molecule has 1 rings (SSSR count). The van der Waals surface area contributed by atoms with E-state index < -0.39 is 0 Å². The molecular formula is C19H36O4. The molecule has 0 aromatic heterocycles. The Balaban J connectivity index is 0.000000433. The van der Waals surface area contributed by atoms with Crippen LogP contribution in [-0.4, -0.2) is 37.5 Å². The molecule has 1 unspecified atom stereocenters. The van der Waals surface area contributed by atoms with Gasteiger partial charge >= 0.3 is 0 Å². The highest BCUT2D eigenvalue weighted by molar-refractivity contribution is 5.76. The van der Waals surface area contributed by atoms with Gasteiger partial charge in [-0.3, -0.25) is 9.59 Å². The third kappa shape index (κ3) is 14.6. The van der Waals surface area contributed by atoms with Crippen molar-refractivity contribution in [3.63, 3.8) is 0 Å². The number of carbonyl (C=O) groups is 2. The van der Waals surface area contributed by atoms with Crippen molar-refractivity contribution < 1.29 is 19.1 Å². The highest BCUT2D eigenvalue weighted by atomic mass is 16.5. The highest BCUT2D eigenvalue weighted by Gasteiger charge is 2.15.